The van der Waals surface area contributed by atoms with Gasteiger partial charge >= 0.3 is 11.9 Å². The summed E-state index contributed by atoms with van der Waals surface area (Å²) in [4.78, 5) is 23.2. The van der Waals surface area contributed by atoms with Crippen molar-refractivity contribution in [2.45, 2.75) is 19.1 Å². The maximum absolute atomic E-state index is 12.1. The number of hydrogen-bond donors (Lipinski definition) is 3. The van der Waals surface area contributed by atoms with E-state index in [0.717, 1.165) is 0 Å². The first-order valence-electron chi connectivity index (χ1n) is 7.72. The summed E-state index contributed by atoms with van der Waals surface area (Å²) in [6, 6.07) is 12.7. The Kier molecular flexibility index (Phi) is 5.90. The number of anilines is 2. The van der Waals surface area contributed by atoms with Crippen LogP contribution in [0.4, 0.5) is 11.4 Å². The number of carbonyl (C=O) groups is 2. The number of hydrogen-bond acceptors (Lipinski definition) is 7. The van der Waals surface area contributed by atoms with Gasteiger partial charge in [0, 0.05) is 18.3 Å². The van der Waals surface area contributed by atoms with Crippen LogP contribution in [0.5, 0.6) is 11.5 Å². The molecule has 0 aliphatic rings. The van der Waals surface area contributed by atoms with E-state index < -0.39 is 30.8 Å². The number of benzene rings is 2. The molecule has 0 radical (unpaired) electrons. The van der Waals surface area contributed by atoms with E-state index in [-0.39, 0.29) is 0 Å². The van der Waals surface area contributed by atoms with E-state index in [2.05, 4.69) is 0 Å². The third-order valence-electron chi connectivity index (χ3n) is 3.25. The van der Waals surface area contributed by atoms with Crippen LogP contribution in [0.25, 0.3) is 0 Å². The van der Waals surface area contributed by atoms with Gasteiger partial charge in [0.2, 0.25) is 0 Å². The molecule has 0 spiro atoms. The molecule has 2 aromatic carbocycles. The second kappa shape index (κ2) is 8.11. The molecule has 2 rings (SSSR count). The number of nitrogens with two attached hydrogens (primary N) is 2. The zero-order valence-electron chi connectivity index (χ0n) is 14.2. The van der Waals surface area contributed by atoms with Crippen molar-refractivity contribution in [3.05, 3.63) is 48.5 Å². The van der Waals surface area contributed by atoms with Gasteiger partial charge in [-0.3, -0.25) is 4.79 Å². The predicted molar refractivity (Wildman–Crippen MR) is 94.6 cm³/mol. The van der Waals surface area contributed by atoms with Crippen molar-refractivity contribution in [1.29, 1.82) is 0 Å². The van der Waals surface area contributed by atoms with Crippen LogP contribution in [0, 0.1) is 0 Å². The van der Waals surface area contributed by atoms with E-state index in [1.165, 1.54) is 6.92 Å². The first-order chi connectivity index (χ1) is 12.3. The van der Waals surface area contributed by atoms with Crippen molar-refractivity contribution in [1.82, 2.24) is 0 Å². The van der Waals surface area contributed by atoms with Gasteiger partial charge in [-0.15, -0.1) is 0 Å². The molecule has 26 heavy (non-hydrogen) atoms. The van der Waals surface area contributed by atoms with Gasteiger partial charge in [0.05, 0.1) is 0 Å². The van der Waals surface area contributed by atoms with Gasteiger partial charge in [-0.1, -0.05) is 0 Å². The fraction of sp³-hybridized carbons (Fsp3) is 0.222. The van der Waals surface area contributed by atoms with Crippen LogP contribution in [-0.4, -0.2) is 29.4 Å². The number of carbonyl (C=O) groups excluding carboxylic acids is 1. The molecule has 0 heterocycles. The van der Waals surface area contributed by atoms with Crippen LogP contribution in [0.2, 0.25) is 0 Å². The van der Waals surface area contributed by atoms with Crippen molar-refractivity contribution in [3.63, 3.8) is 0 Å². The van der Waals surface area contributed by atoms with E-state index in [1.807, 2.05) is 0 Å². The van der Waals surface area contributed by atoms with Gasteiger partial charge in [-0.25, -0.2) is 4.79 Å². The van der Waals surface area contributed by atoms with E-state index in [9.17, 15) is 9.59 Å². The molecular weight excluding hydrogens is 340 g/mol. The molecule has 0 saturated heterocycles. The maximum Gasteiger partial charge on any atom is 0.347 e. The highest BCUT2D eigenvalue weighted by Crippen LogP contribution is 2.24. The number of nitrogen functional groups attached to an aromatic ring is 2. The Balaban J connectivity index is 2.00. The van der Waals surface area contributed by atoms with Gasteiger partial charge < -0.3 is 30.8 Å². The molecule has 138 valence electrons. The van der Waals surface area contributed by atoms with Crippen LogP contribution >= 0.6 is 0 Å². The molecule has 0 bridgehead atoms. The molecule has 8 nitrogen and oxygen atoms in total. The number of rotatable bonds is 8. The van der Waals surface area contributed by atoms with Crippen molar-refractivity contribution in [2.24, 2.45) is 0 Å². The SMILES string of the molecule is CC(CC(=O)O)(OC(=O)COc1ccc(N)cc1)Oc1ccc(N)cc1. The van der Waals surface area contributed by atoms with Crippen molar-refractivity contribution in [3.8, 4) is 11.5 Å². The Morgan fingerprint density at radius 2 is 1.46 bits per heavy atom. The van der Waals surface area contributed by atoms with Gasteiger partial charge in [-0.05, 0) is 48.5 Å². The second-order valence-electron chi connectivity index (χ2n) is 5.71. The van der Waals surface area contributed by atoms with E-state index in [1.54, 1.807) is 48.5 Å². The third kappa shape index (κ3) is 5.90. The number of carboxylic acid groups (broad SMARTS) is 1. The summed E-state index contributed by atoms with van der Waals surface area (Å²) in [5, 5.41) is 9.08. The summed E-state index contributed by atoms with van der Waals surface area (Å²) in [7, 11) is 0. The smallest absolute Gasteiger partial charge is 0.347 e. The van der Waals surface area contributed by atoms with Gasteiger partial charge in [-0.2, -0.15) is 0 Å². The summed E-state index contributed by atoms with van der Waals surface area (Å²) in [6.45, 7) is 0.947. The zero-order chi connectivity index (χ0) is 19.2. The number of ether oxygens (including phenoxy) is 3. The van der Waals surface area contributed by atoms with E-state index >= 15 is 0 Å². The Labute approximate surface area is 150 Å². The van der Waals surface area contributed by atoms with Crippen molar-refractivity contribution >= 4 is 23.3 Å². The average Bonchev–Trinajstić information content (AvgIpc) is 2.55. The topological polar surface area (TPSA) is 134 Å². The highest BCUT2D eigenvalue weighted by Gasteiger charge is 2.34. The average molecular weight is 360 g/mol. The quantitative estimate of drug-likeness (QED) is 0.370. The first kappa shape index (κ1) is 18.9. The van der Waals surface area contributed by atoms with E-state index in [0.29, 0.717) is 22.9 Å². The lowest BCUT2D eigenvalue weighted by Crippen LogP contribution is -2.41. The van der Waals surface area contributed by atoms with Crippen LogP contribution in [0.15, 0.2) is 48.5 Å². The molecule has 0 fully saturated rings. The molecule has 0 amide bonds. The van der Waals surface area contributed by atoms with Crippen molar-refractivity contribution < 1.29 is 28.9 Å². The summed E-state index contributed by atoms with van der Waals surface area (Å²) >= 11 is 0. The summed E-state index contributed by atoms with van der Waals surface area (Å²) in [5.74, 6) is -2.93. The minimum absolute atomic E-state index is 0.315. The minimum Gasteiger partial charge on any atom is -0.482 e. The Bertz CT molecular complexity index is 760. The molecule has 1 atom stereocenters. The summed E-state index contributed by atoms with van der Waals surface area (Å²) in [6.07, 6.45) is -0.551. The fourth-order valence-electron chi connectivity index (χ4n) is 2.13. The molecule has 5 N–H and O–H groups in total. The highest BCUT2D eigenvalue weighted by atomic mass is 16.7. The highest BCUT2D eigenvalue weighted by molar-refractivity contribution is 5.73. The standard InChI is InChI=1S/C18H20N2O6/c1-18(10-16(21)22,25-15-8-4-13(20)5-9-15)26-17(23)11-24-14-6-2-12(19)3-7-14/h2-9H,10-11,19-20H2,1H3,(H,21,22). The van der Waals surface area contributed by atoms with Crippen molar-refractivity contribution in [2.75, 3.05) is 18.1 Å². The lowest BCUT2D eigenvalue weighted by Gasteiger charge is -2.28. The summed E-state index contributed by atoms with van der Waals surface area (Å²) < 4.78 is 16.1. The van der Waals surface area contributed by atoms with Crippen LogP contribution < -0.4 is 20.9 Å². The number of carboxylic acids is 1. The normalized spacial score (nSPS) is 12.7. The zero-order valence-corrected chi connectivity index (χ0v) is 14.2. The van der Waals surface area contributed by atoms with Gasteiger partial charge in [0.15, 0.2) is 6.61 Å². The lowest BCUT2D eigenvalue weighted by molar-refractivity contribution is -0.199. The molecule has 0 aromatic heterocycles. The largest absolute Gasteiger partial charge is 0.482 e. The fourth-order valence-corrected chi connectivity index (χ4v) is 2.13. The van der Waals surface area contributed by atoms with Gasteiger partial charge in [0.25, 0.3) is 5.79 Å². The molecule has 0 aliphatic heterocycles. The Morgan fingerprint density at radius 3 is 1.96 bits per heavy atom. The van der Waals surface area contributed by atoms with Crippen LogP contribution in [0.3, 0.4) is 0 Å². The van der Waals surface area contributed by atoms with Gasteiger partial charge in [0.1, 0.15) is 17.9 Å². The molecule has 0 aliphatic carbocycles. The molecule has 1 unspecified atom stereocenters. The number of esters is 1. The Morgan fingerprint density at radius 1 is 0.962 bits per heavy atom. The van der Waals surface area contributed by atoms with Crippen LogP contribution in [-0.2, 0) is 14.3 Å². The monoisotopic (exact) mass is 360 g/mol. The second-order valence-corrected chi connectivity index (χ2v) is 5.71. The first-order valence-corrected chi connectivity index (χ1v) is 7.72. The molecule has 2 aromatic rings. The number of aliphatic carboxylic acids is 1. The lowest BCUT2D eigenvalue weighted by atomic mass is 10.2. The van der Waals surface area contributed by atoms with Crippen LogP contribution in [0.1, 0.15) is 13.3 Å². The van der Waals surface area contributed by atoms with E-state index in [4.69, 9.17) is 30.8 Å². The minimum atomic E-state index is -1.70. The molecule has 8 heteroatoms. The molecule has 0 saturated carbocycles. The summed E-state index contributed by atoms with van der Waals surface area (Å²) in [5.41, 5.74) is 12.2. The Hall–Kier alpha value is -3.42. The maximum atomic E-state index is 12.1. The molecular formula is C18H20N2O6. The third-order valence-corrected chi connectivity index (χ3v) is 3.25. The predicted octanol–water partition coefficient (Wildman–Crippen LogP) is 2.04.